The molecule has 1 aromatic heterocycles. The Bertz CT molecular complexity index is 696. The van der Waals surface area contributed by atoms with Gasteiger partial charge in [-0.3, -0.25) is 5.32 Å². The summed E-state index contributed by atoms with van der Waals surface area (Å²) in [5, 5.41) is 9.22. The molecule has 0 saturated heterocycles. The van der Waals surface area contributed by atoms with E-state index in [1.807, 2.05) is 0 Å². The highest BCUT2D eigenvalue weighted by molar-refractivity contribution is 7.78. The first-order chi connectivity index (χ1) is 9.39. The zero-order valence-electron chi connectivity index (χ0n) is 11.3. The van der Waals surface area contributed by atoms with Crippen LogP contribution in [0.25, 0.3) is 11.0 Å². The van der Waals surface area contributed by atoms with Crippen molar-refractivity contribution in [2.75, 3.05) is 5.32 Å². The number of fused-ring (bicyclic) bond motifs is 1. The first-order valence-corrected chi connectivity index (χ1v) is 6.27. The number of anilines is 1. The van der Waals surface area contributed by atoms with E-state index >= 15 is 0 Å². The lowest BCUT2D eigenvalue weighted by molar-refractivity contribution is 0.0635. The molecule has 7 heteroatoms. The molecule has 0 aliphatic carbocycles. The van der Waals surface area contributed by atoms with Gasteiger partial charge in [0.25, 0.3) is 0 Å². The summed E-state index contributed by atoms with van der Waals surface area (Å²) in [7, 11) is 0. The molecule has 0 spiro atoms. The third-order valence-corrected chi connectivity index (χ3v) is 2.34. The van der Waals surface area contributed by atoms with Gasteiger partial charge in [0.1, 0.15) is 5.60 Å². The van der Waals surface area contributed by atoms with Crippen molar-refractivity contribution >= 4 is 45.9 Å². The van der Waals surface area contributed by atoms with Gasteiger partial charge < -0.3 is 9.26 Å². The van der Waals surface area contributed by atoms with Crippen LogP contribution in [0.15, 0.2) is 27.7 Å². The summed E-state index contributed by atoms with van der Waals surface area (Å²) in [5.41, 5.74) is 0.540. The van der Waals surface area contributed by atoms with E-state index in [1.165, 1.54) is 0 Å². The van der Waals surface area contributed by atoms with Gasteiger partial charge in [0.15, 0.2) is 11.4 Å². The Balaban J connectivity index is 2.28. The molecule has 1 heterocycles. The van der Waals surface area contributed by atoms with E-state index in [9.17, 15) is 4.79 Å². The molecule has 20 heavy (non-hydrogen) atoms. The van der Waals surface area contributed by atoms with Crippen LogP contribution < -0.4 is 5.32 Å². The summed E-state index contributed by atoms with van der Waals surface area (Å²) in [4.78, 5) is 15.6. The number of amides is 1. The van der Waals surface area contributed by atoms with Crippen molar-refractivity contribution in [2.45, 2.75) is 26.4 Å². The van der Waals surface area contributed by atoms with Crippen molar-refractivity contribution in [3.63, 3.8) is 0 Å². The molecule has 1 N–H and O–H groups in total. The van der Waals surface area contributed by atoms with Gasteiger partial charge in [0.05, 0.1) is 16.2 Å². The number of hydrogen-bond acceptors (Lipinski definition) is 6. The maximum Gasteiger partial charge on any atom is 0.413 e. The summed E-state index contributed by atoms with van der Waals surface area (Å²) in [6, 6.07) is 5.09. The van der Waals surface area contributed by atoms with E-state index in [0.29, 0.717) is 16.7 Å². The van der Waals surface area contributed by atoms with Crippen molar-refractivity contribution in [1.29, 1.82) is 0 Å². The fourth-order valence-electron chi connectivity index (χ4n) is 1.54. The quantitative estimate of drug-likeness (QED) is 0.670. The number of ether oxygens (including phenoxy) is 1. The number of aliphatic imine (C=N–C) groups is 1. The zero-order chi connectivity index (χ0) is 14.8. The summed E-state index contributed by atoms with van der Waals surface area (Å²) >= 11 is 4.55. The molecule has 0 atom stereocenters. The number of thiocarbonyl (C=S) groups is 1. The minimum Gasteiger partial charge on any atom is -0.444 e. The smallest absolute Gasteiger partial charge is 0.413 e. The van der Waals surface area contributed by atoms with E-state index < -0.39 is 11.7 Å². The SMILES string of the molecule is CC(C)(C)OC(=O)Nc1noc2ccc(N=C=S)cc12. The van der Waals surface area contributed by atoms with Crippen molar-refractivity contribution in [2.24, 2.45) is 4.99 Å². The molecule has 0 aliphatic heterocycles. The fourth-order valence-corrected chi connectivity index (χ4v) is 1.64. The van der Waals surface area contributed by atoms with Crippen LogP contribution in [0.4, 0.5) is 16.3 Å². The number of rotatable bonds is 2. The highest BCUT2D eigenvalue weighted by Gasteiger charge is 2.18. The monoisotopic (exact) mass is 291 g/mol. The predicted molar refractivity (Wildman–Crippen MR) is 78.6 cm³/mol. The van der Waals surface area contributed by atoms with E-state index in [2.05, 4.69) is 32.8 Å². The number of aromatic nitrogens is 1. The molecular formula is C13H13N3O3S. The summed E-state index contributed by atoms with van der Waals surface area (Å²) in [6.45, 7) is 5.33. The maximum atomic E-state index is 11.7. The normalized spacial score (nSPS) is 10.9. The number of carbonyl (C=O) groups is 1. The fraction of sp³-hybridized carbons (Fsp3) is 0.308. The van der Waals surface area contributed by atoms with Crippen LogP contribution in [-0.4, -0.2) is 22.0 Å². The zero-order valence-corrected chi connectivity index (χ0v) is 12.1. The van der Waals surface area contributed by atoms with Gasteiger partial charge in [-0.15, -0.1) is 0 Å². The van der Waals surface area contributed by atoms with Crippen molar-refractivity contribution in [3.8, 4) is 0 Å². The van der Waals surface area contributed by atoms with Crippen LogP contribution >= 0.6 is 12.2 Å². The first kappa shape index (κ1) is 14.2. The Kier molecular flexibility index (Phi) is 3.83. The van der Waals surface area contributed by atoms with Crippen LogP contribution in [0, 0.1) is 0 Å². The molecule has 1 aromatic carbocycles. The number of hydrogen-bond donors (Lipinski definition) is 1. The molecular weight excluding hydrogens is 278 g/mol. The van der Waals surface area contributed by atoms with E-state index in [0.717, 1.165) is 0 Å². The highest BCUT2D eigenvalue weighted by Crippen LogP contribution is 2.27. The van der Waals surface area contributed by atoms with Gasteiger partial charge in [-0.2, -0.15) is 4.99 Å². The molecule has 0 aliphatic rings. The molecule has 2 aromatic rings. The topological polar surface area (TPSA) is 76.7 Å². The molecule has 104 valence electrons. The van der Waals surface area contributed by atoms with Crippen LogP contribution in [0.5, 0.6) is 0 Å². The number of carbonyl (C=O) groups excluding carboxylic acids is 1. The van der Waals surface area contributed by atoms with E-state index in [-0.39, 0.29) is 5.82 Å². The minimum atomic E-state index is -0.601. The standard InChI is InChI=1S/C13H13N3O3S/c1-13(2,3)18-12(17)15-11-9-6-8(14-7-20)4-5-10(9)19-16-11/h4-6H,1-3H3,(H,15,16,17). The summed E-state index contributed by atoms with van der Waals surface area (Å²) in [6.07, 6.45) is -0.601. The lowest BCUT2D eigenvalue weighted by atomic mass is 10.2. The number of nitrogens with zero attached hydrogens (tertiary/aromatic N) is 2. The second kappa shape index (κ2) is 5.40. The molecule has 0 fully saturated rings. The average molecular weight is 291 g/mol. The third kappa shape index (κ3) is 3.40. The lowest BCUT2D eigenvalue weighted by Crippen LogP contribution is -2.27. The van der Waals surface area contributed by atoms with Crippen molar-refractivity contribution < 1.29 is 14.1 Å². The van der Waals surface area contributed by atoms with Crippen LogP contribution in [-0.2, 0) is 4.74 Å². The predicted octanol–water partition coefficient (Wildman–Crippen LogP) is 3.91. The Labute approximate surface area is 120 Å². The Morgan fingerprint density at radius 3 is 2.90 bits per heavy atom. The van der Waals surface area contributed by atoms with E-state index in [4.69, 9.17) is 9.26 Å². The van der Waals surface area contributed by atoms with Gasteiger partial charge in [0.2, 0.25) is 0 Å². The van der Waals surface area contributed by atoms with Crippen LogP contribution in [0.1, 0.15) is 20.8 Å². The number of benzene rings is 1. The molecule has 6 nitrogen and oxygen atoms in total. The number of nitrogens with one attached hydrogen (secondary N) is 1. The molecule has 1 amide bonds. The van der Waals surface area contributed by atoms with Gasteiger partial charge in [-0.1, -0.05) is 5.16 Å². The molecule has 0 radical (unpaired) electrons. The molecule has 0 saturated carbocycles. The molecule has 0 bridgehead atoms. The average Bonchev–Trinajstić information content (AvgIpc) is 2.70. The third-order valence-electron chi connectivity index (χ3n) is 2.25. The van der Waals surface area contributed by atoms with Crippen molar-refractivity contribution in [3.05, 3.63) is 18.2 Å². The molecule has 0 unspecified atom stereocenters. The lowest BCUT2D eigenvalue weighted by Gasteiger charge is -2.19. The Morgan fingerprint density at radius 1 is 1.50 bits per heavy atom. The first-order valence-electron chi connectivity index (χ1n) is 5.86. The van der Waals surface area contributed by atoms with Crippen molar-refractivity contribution in [1.82, 2.24) is 5.16 Å². The van der Waals surface area contributed by atoms with Gasteiger partial charge in [0, 0.05) is 0 Å². The van der Waals surface area contributed by atoms with Gasteiger partial charge >= 0.3 is 6.09 Å². The maximum absolute atomic E-state index is 11.7. The van der Waals surface area contributed by atoms with Gasteiger partial charge in [-0.05, 0) is 51.2 Å². The number of isothiocyanates is 1. The highest BCUT2D eigenvalue weighted by atomic mass is 32.1. The minimum absolute atomic E-state index is 0.274. The largest absolute Gasteiger partial charge is 0.444 e. The van der Waals surface area contributed by atoms with E-state index in [1.54, 1.807) is 39.0 Å². The molecule has 2 rings (SSSR count). The van der Waals surface area contributed by atoms with Crippen LogP contribution in [0.3, 0.4) is 0 Å². The Morgan fingerprint density at radius 2 is 2.25 bits per heavy atom. The van der Waals surface area contributed by atoms with Gasteiger partial charge in [-0.25, -0.2) is 4.79 Å². The van der Waals surface area contributed by atoms with Crippen LogP contribution in [0.2, 0.25) is 0 Å². The second-order valence-corrected chi connectivity index (χ2v) is 5.22. The second-order valence-electron chi connectivity index (χ2n) is 5.04. The summed E-state index contributed by atoms with van der Waals surface area (Å²) < 4.78 is 10.3. The summed E-state index contributed by atoms with van der Waals surface area (Å²) in [5.74, 6) is 0.274. The Hall–Kier alpha value is -2.24.